The normalized spacial score (nSPS) is 19.4. The molecule has 33 heavy (non-hydrogen) atoms. The number of halogens is 2. The predicted octanol–water partition coefficient (Wildman–Crippen LogP) is 3.39. The lowest BCUT2D eigenvalue weighted by atomic mass is 9.98. The van der Waals surface area contributed by atoms with E-state index in [-0.39, 0.29) is 25.0 Å². The molecule has 2 aliphatic rings. The summed E-state index contributed by atoms with van der Waals surface area (Å²) in [6, 6.07) is 14.2. The van der Waals surface area contributed by atoms with Gasteiger partial charge in [0.05, 0.1) is 6.42 Å². The smallest absolute Gasteiger partial charge is 0.407 e. The number of ether oxygens (including phenoxy) is 1. The van der Waals surface area contributed by atoms with Crippen molar-refractivity contribution < 1.29 is 33.0 Å². The Balaban J connectivity index is 1.24. The number of aliphatic carboxylic acids is 1. The van der Waals surface area contributed by atoms with Crippen LogP contribution in [0.5, 0.6) is 0 Å². The van der Waals surface area contributed by atoms with Crippen LogP contribution in [-0.2, 0) is 14.3 Å². The van der Waals surface area contributed by atoms with E-state index in [0.717, 1.165) is 22.3 Å². The molecular weight excluding hydrogens is 434 g/mol. The molecule has 1 saturated carbocycles. The maximum Gasteiger partial charge on any atom is 0.407 e. The first kappa shape index (κ1) is 22.7. The zero-order valence-electron chi connectivity index (χ0n) is 17.7. The fraction of sp³-hybridized carbons (Fsp3) is 0.375. The summed E-state index contributed by atoms with van der Waals surface area (Å²) < 4.78 is 31.2. The number of alkyl carbamates (subject to hydrolysis) is 1. The van der Waals surface area contributed by atoms with Gasteiger partial charge >= 0.3 is 12.1 Å². The van der Waals surface area contributed by atoms with Gasteiger partial charge in [0.15, 0.2) is 0 Å². The number of rotatable bonds is 9. The number of nitrogens with one attached hydrogen (secondary N) is 2. The number of carboxylic acids is 1. The first-order chi connectivity index (χ1) is 15.8. The Morgan fingerprint density at radius 2 is 1.64 bits per heavy atom. The van der Waals surface area contributed by atoms with Gasteiger partial charge < -0.3 is 20.5 Å². The molecule has 0 aliphatic heterocycles. The van der Waals surface area contributed by atoms with E-state index in [1.54, 1.807) is 0 Å². The van der Waals surface area contributed by atoms with Gasteiger partial charge in [-0.05, 0) is 34.6 Å². The van der Waals surface area contributed by atoms with Crippen molar-refractivity contribution in [1.29, 1.82) is 0 Å². The molecule has 0 bridgehead atoms. The van der Waals surface area contributed by atoms with Crippen LogP contribution in [0.3, 0.4) is 0 Å². The lowest BCUT2D eigenvalue weighted by Gasteiger charge is -2.16. The highest BCUT2D eigenvalue weighted by molar-refractivity contribution is 5.83. The van der Waals surface area contributed by atoms with Gasteiger partial charge in [-0.3, -0.25) is 9.59 Å². The summed E-state index contributed by atoms with van der Waals surface area (Å²) >= 11 is 0. The Kier molecular flexibility index (Phi) is 6.57. The van der Waals surface area contributed by atoms with Crippen LogP contribution in [0, 0.1) is 11.8 Å². The van der Waals surface area contributed by atoms with Crippen LogP contribution in [-0.4, -0.2) is 48.7 Å². The van der Waals surface area contributed by atoms with E-state index in [1.165, 1.54) is 0 Å². The summed E-state index contributed by atoms with van der Waals surface area (Å²) in [6.07, 6.45) is -4.00. The highest BCUT2D eigenvalue weighted by Gasteiger charge is 2.44. The van der Waals surface area contributed by atoms with E-state index in [2.05, 4.69) is 10.6 Å². The van der Waals surface area contributed by atoms with E-state index in [4.69, 9.17) is 9.84 Å². The lowest BCUT2D eigenvalue weighted by molar-refractivity contribution is -0.139. The van der Waals surface area contributed by atoms with Crippen molar-refractivity contribution in [3.8, 4) is 11.1 Å². The third-order valence-corrected chi connectivity index (χ3v) is 6.14. The van der Waals surface area contributed by atoms with Crippen LogP contribution in [0.4, 0.5) is 13.6 Å². The number of fused-ring (bicyclic) bond motifs is 3. The molecule has 9 heteroatoms. The number of benzene rings is 2. The van der Waals surface area contributed by atoms with Gasteiger partial charge in [-0.25, -0.2) is 13.6 Å². The molecule has 1 fully saturated rings. The second-order valence-corrected chi connectivity index (χ2v) is 8.36. The third-order valence-electron chi connectivity index (χ3n) is 6.14. The summed E-state index contributed by atoms with van der Waals surface area (Å²) in [6.45, 7) is 0.340. The zero-order valence-corrected chi connectivity index (χ0v) is 17.7. The average molecular weight is 458 g/mol. The molecule has 7 nitrogen and oxygen atoms in total. The van der Waals surface area contributed by atoms with Crippen molar-refractivity contribution in [2.75, 3.05) is 13.2 Å². The van der Waals surface area contributed by atoms with Crippen molar-refractivity contribution in [2.24, 2.45) is 11.8 Å². The molecular formula is C24H24F2N2O5. The number of alkyl halides is 2. The van der Waals surface area contributed by atoms with Gasteiger partial charge in [-0.1, -0.05) is 48.5 Å². The number of carboxylic acid groups (broad SMARTS) is 1. The number of hydrogen-bond donors (Lipinski definition) is 3. The van der Waals surface area contributed by atoms with Crippen LogP contribution < -0.4 is 10.6 Å². The lowest BCUT2D eigenvalue weighted by Crippen LogP contribution is -2.42. The Bertz CT molecular complexity index is 1020. The molecule has 3 N–H and O–H groups in total. The van der Waals surface area contributed by atoms with Gasteiger partial charge in [0.2, 0.25) is 5.91 Å². The number of amides is 2. The van der Waals surface area contributed by atoms with E-state index in [0.29, 0.717) is 6.42 Å². The minimum Gasteiger partial charge on any atom is -0.481 e. The largest absolute Gasteiger partial charge is 0.481 e. The summed E-state index contributed by atoms with van der Waals surface area (Å²) in [5.74, 6) is -2.84. The van der Waals surface area contributed by atoms with Gasteiger partial charge in [0.25, 0.3) is 6.43 Å². The van der Waals surface area contributed by atoms with Crippen LogP contribution in [0.2, 0.25) is 0 Å². The summed E-state index contributed by atoms with van der Waals surface area (Å²) in [4.78, 5) is 35.0. The SMILES string of the molecule is O=C(O)CC(NC(=O)[C@@H]1C[C@@H]1CNC(=O)OCC1c2ccccc2-c2ccccc21)C(F)F. The molecule has 0 spiro atoms. The summed E-state index contributed by atoms with van der Waals surface area (Å²) in [5, 5.41) is 13.4. The quantitative estimate of drug-likeness (QED) is 0.534. The Morgan fingerprint density at radius 1 is 1.03 bits per heavy atom. The van der Waals surface area contributed by atoms with Crippen molar-refractivity contribution in [2.45, 2.75) is 31.2 Å². The molecule has 1 unspecified atom stereocenters. The van der Waals surface area contributed by atoms with Crippen LogP contribution >= 0.6 is 0 Å². The molecule has 2 amide bonds. The minimum atomic E-state index is -2.97. The maximum atomic E-state index is 12.9. The van der Waals surface area contributed by atoms with E-state index in [9.17, 15) is 23.2 Å². The second kappa shape index (κ2) is 9.56. The molecule has 0 heterocycles. The van der Waals surface area contributed by atoms with Gasteiger partial charge in [-0.15, -0.1) is 0 Å². The van der Waals surface area contributed by atoms with Crippen molar-refractivity contribution >= 4 is 18.0 Å². The molecule has 0 saturated heterocycles. The van der Waals surface area contributed by atoms with Crippen LogP contribution in [0.15, 0.2) is 48.5 Å². The fourth-order valence-electron chi connectivity index (χ4n) is 4.34. The average Bonchev–Trinajstić information content (AvgIpc) is 3.51. The highest BCUT2D eigenvalue weighted by atomic mass is 19.3. The number of carbonyl (C=O) groups excluding carboxylic acids is 2. The molecule has 3 atom stereocenters. The topological polar surface area (TPSA) is 105 Å². The molecule has 174 valence electrons. The van der Waals surface area contributed by atoms with Crippen LogP contribution in [0.1, 0.15) is 29.9 Å². The Morgan fingerprint density at radius 3 is 2.21 bits per heavy atom. The minimum absolute atomic E-state index is 0.0666. The number of carbonyl (C=O) groups is 3. The molecule has 4 rings (SSSR count). The molecule has 2 aromatic carbocycles. The van der Waals surface area contributed by atoms with E-state index in [1.807, 2.05) is 48.5 Å². The predicted molar refractivity (Wildman–Crippen MR) is 115 cm³/mol. The first-order valence-electron chi connectivity index (χ1n) is 10.7. The fourth-order valence-corrected chi connectivity index (χ4v) is 4.34. The van der Waals surface area contributed by atoms with Gasteiger partial charge in [-0.2, -0.15) is 0 Å². The van der Waals surface area contributed by atoms with Gasteiger partial charge in [0, 0.05) is 18.4 Å². The van der Waals surface area contributed by atoms with Gasteiger partial charge in [0.1, 0.15) is 12.6 Å². The molecule has 2 aliphatic carbocycles. The Labute approximate surface area is 189 Å². The van der Waals surface area contributed by atoms with Crippen molar-refractivity contribution in [3.05, 3.63) is 59.7 Å². The van der Waals surface area contributed by atoms with E-state index >= 15 is 0 Å². The van der Waals surface area contributed by atoms with Crippen LogP contribution in [0.25, 0.3) is 11.1 Å². The molecule has 0 radical (unpaired) electrons. The Hall–Kier alpha value is -3.49. The van der Waals surface area contributed by atoms with Crippen molar-refractivity contribution in [3.63, 3.8) is 0 Å². The summed E-state index contributed by atoms with van der Waals surface area (Å²) in [7, 11) is 0. The highest BCUT2D eigenvalue weighted by Crippen LogP contribution is 2.44. The second-order valence-electron chi connectivity index (χ2n) is 8.36. The standard InChI is InChI=1S/C24H24F2N2O5/c25-22(26)20(10-21(29)30)28-23(31)18-9-13(18)11-27-24(32)33-12-19-16-7-3-1-5-14(16)15-6-2-4-8-17(15)19/h1-8,13,18-20,22H,9-12H2,(H,27,32)(H,28,31)(H,29,30)/t13-,18-,20?/m1/s1. The monoisotopic (exact) mass is 458 g/mol. The molecule has 0 aromatic heterocycles. The number of hydrogen-bond acceptors (Lipinski definition) is 4. The van der Waals surface area contributed by atoms with Crippen molar-refractivity contribution in [1.82, 2.24) is 10.6 Å². The first-order valence-corrected chi connectivity index (χ1v) is 10.7. The summed E-state index contributed by atoms with van der Waals surface area (Å²) in [5.41, 5.74) is 4.44. The van der Waals surface area contributed by atoms with E-state index < -0.39 is 42.8 Å². The third kappa shape index (κ3) is 5.13. The molecule has 2 aromatic rings. The zero-order chi connectivity index (χ0) is 23.5. The maximum absolute atomic E-state index is 12.9.